The van der Waals surface area contributed by atoms with E-state index in [1.54, 1.807) is 24.3 Å². The van der Waals surface area contributed by atoms with Gasteiger partial charge in [0, 0.05) is 24.8 Å². The first-order valence-corrected chi connectivity index (χ1v) is 11.0. The normalized spacial score (nSPS) is 10.7. The van der Waals surface area contributed by atoms with Crippen LogP contribution in [0.3, 0.4) is 0 Å². The first-order valence-electron chi connectivity index (χ1n) is 9.84. The van der Waals surface area contributed by atoms with Crippen molar-refractivity contribution in [3.63, 3.8) is 0 Å². The van der Waals surface area contributed by atoms with E-state index < -0.39 is 17.7 Å². The molecule has 0 spiro atoms. The Morgan fingerprint density at radius 3 is 2.74 bits per heavy atom. The maximum absolute atomic E-state index is 13.2. The minimum atomic E-state index is -0.616. The first-order chi connectivity index (χ1) is 16.3. The zero-order chi connectivity index (χ0) is 24.2. The molecule has 0 bridgehead atoms. The van der Waals surface area contributed by atoms with Crippen LogP contribution in [0.4, 0.5) is 9.52 Å². The fraction of sp³-hybridized carbons (Fsp3) is 0.130. The van der Waals surface area contributed by atoms with E-state index in [-0.39, 0.29) is 28.8 Å². The summed E-state index contributed by atoms with van der Waals surface area (Å²) >= 11 is 7.27. The van der Waals surface area contributed by atoms with Crippen LogP contribution in [0.1, 0.15) is 23.0 Å². The van der Waals surface area contributed by atoms with Crippen molar-refractivity contribution in [3.8, 4) is 17.2 Å². The molecule has 0 unspecified atom stereocenters. The van der Waals surface area contributed by atoms with Crippen molar-refractivity contribution in [3.05, 3.63) is 70.8 Å². The topological polar surface area (TPSA) is 99.6 Å². The van der Waals surface area contributed by atoms with E-state index in [0.717, 1.165) is 4.70 Å². The van der Waals surface area contributed by atoms with Gasteiger partial charge in [0.15, 0.2) is 16.6 Å². The van der Waals surface area contributed by atoms with E-state index in [1.165, 1.54) is 49.8 Å². The smallest absolute Gasteiger partial charge is 0.308 e. The number of fused-ring (bicyclic) bond motifs is 1. The fourth-order valence-corrected chi connectivity index (χ4v) is 4.11. The lowest BCUT2D eigenvalue weighted by Gasteiger charge is -2.11. The van der Waals surface area contributed by atoms with Crippen LogP contribution in [0.5, 0.6) is 17.2 Å². The van der Waals surface area contributed by atoms with Crippen LogP contribution in [-0.2, 0) is 11.4 Å². The summed E-state index contributed by atoms with van der Waals surface area (Å²) in [5, 5.41) is 3.27. The second kappa shape index (κ2) is 10.0. The van der Waals surface area contributed by atoms with E-state index in [2.05, 4.69) is 15.3 Å². The van der Waals surface area contributed by atoms with Crippen LogP contribution >= 0.6 is 22.9 Å². The van der Waals surface area contributed by atoms with Crippen molar-refractivity contribution >= 4 is 50.2 Å². The third-order valence-corrected chi connectivity index (χ3v) is 5.82. The molecule has 11 heteroatoms. The highest BCUT2D eigenvalue weighted by atomic mass is 35.5. The lowest BCUT2D eigenvalue weighted by molar-refractivity contribution is -0.132. The number of rotatable bonds is 7. The molecule has 0 fully saturated rings. The molecule has 0 aliphatic carbocycles. The van der Waals surface area contributed by atoms with Crippen molar-refractivity contribution in [2.24, 2.45) is 0 Å². The Balaban J connectivity index is 1.51. The van der Waals surface area contributed by atoms with Crippen LogP contribution in [-0.4, -0.2) is 29.0 Å². The van der Waals surface area contributed by atoms with Crippen LogP contribution in [0, 0.1) is 5.82 Å². The Hall–Kier alpha value is -3.76. The number of methoxy groups -OCH3 is 1. The number of benzene rings is 2. The molecule has 1 amide bonds. The van der Waals surface area contributed by atoms with Crippen molar-refractivity contribution in [1.29, 1.82) is 0 Å². The van der Waals surface area contributed by atoms with E-state index in [9.17, 15) is 14.0 Å². The minimum absolute atomic E-state index is 0.0775. The number of hydrogen-bond acceptors (Lipinski definition) is 8. The number of hydrogen-bond donors (Lipinski definition) is 1. The lowest BCUT2D eigenvalue weighted by Crippen LogP contribution is -2.17. The van der Waals surface area contributed by atoms with Gasteiger partial charge in [0.1, 0.15) is 18.2 Å². The number of halogens is 2. The van der Waals surface area contributed by atoms with E-state index in [0.29, 0.717) is 22.0 Å². The maximum atomic E-state index is 13.2. The average Bonchev–Trinajstić information content (AvgIpc) is 3.19. The third kappa shape index (κ3) is 5.24. The second-order valence-corrected chi connectivity index (χ2v) is 8.35. The predicted octanol–water partition coefficient (Wildman–Crippen LogP) is 5.25. The van der Waals surface area contributed by atoms with Crippen molar-refractivity contribution < 1.29 is 28.2 Å². The van der Waals surface area contributed by atoms with Crippen molar-refractivity contribution in [2.75, 3.05) is 12.4 Å². The molecular weight excluding hydrogens is 485 g/mol. The Kier molecular flexibility index (Phi) is 6.90. The van der Waals surface area contributed by atoms with Crippen LogP contribution in [0.25, 0.3) is 10.2 Å². The monoisotopic (exact) mass is 501 g/mol. The molecule has 0 atom stereocenters. The Morgan fingerprint density at radius 1 is 1.18 bits per heavy atom. The quantitative estimate of drug-likeness (QED) is 0.345. The number of esters is 1. The summed E-state index contributed by atoms with van der Waals surface area (Å²) in [6, 6.07) is 10.8. The highest BCUT2D eigenvalue weighted by Crippen LogP contribution is 2.33. The maximum Gasteiger partial charge on any atom is 0.308 e. The number of aromatic nitrogens is 2. The zero-order valence-electron chi connectivity index (χ0n) is 17.9. The molecule has 2 aromatic carbocycles. The summed E-state index contributed by atoms with van der Waals surface area (Å²) in [6.45, 7) is 1.37. The minimum Gasteiger partial charge on any atom is -0.493 e. The molecule has 0 aliphatic heterocycles. The molecule has 174 valence electrons. The molecule has 0 radical (unpaired) electrons. The number of amides is 1. The molecule has 4 aromatic rings. The van der Waals surface area contributed by atoms with Crippen LogP contribution in [0.15, 0.2) is 48.7 Å². The molecule has 2 heterocycles. The molecule has 8 nitrogen and oxygen atoms in total. The molecule has 34 heavy (non-hydrogen) atoms. The molecular formula is C23H17ClFN3O5S. The van der Waals surface area contributed by atoms with Gasteiger partial charge in [-0.2, -0.15) is 0 Å². The number of carbonyl (C=O) groups excluding carboxylic acids is 2. The lowest BCUT2D eigenvalue weighted by atomic mass is 10.2. The summed E-state index contributed by atoms with van der Waals surface area (Å²) in [5.41, 5.74) is 1.18. The van der Waals surface area contributed by atoms with Crippen molar-refractivity contribution in [1.82, 2.24) is 9.97 Å². The summed E-state index contributed by atoms with van der Waals surface area (Å²) in [7, 11) is 1.39. The number of nitrogens with zero attached hydrogens (tertiary/aromatic N) is 2. The number of thiazole rings is 1. The van der Waals surface area contributed by atoms with Gasteiger partial charge in [0.25, 0.3) is 5.91 Å². The molecule has 2 aromatic heterocycles. The molecule has 0 saturated carbocycles. The van der Waals surface area contributed by atoms with Gasteiger partial charge < -0.3 is 14.2 Å². The third-order valence-electron chi connectivity index (χ3n) is 4.54. The van der Waals surface area contributed by atoms with Gasteiger partial charge in [-0.25, -0.2) is 14.4 Å². The Morgan fingerprint density at radius 2 is 2.00 bits per heavy atom. The van der Waals surface area contributed by atoms with Gasteiger partial charge >= 0.3 is 5.97 Å². The second-order valence-electron chi connectivity index (χ2n) is 6.91. The van der Waals surface area contributed by atoms with Gasteiger partial charge in [-0.15, -0.1) is 0 Å². The van der Waals surface area contributed by atoms with E-state index >= 15 is 0 Å². The summed E-state index contributed by atoms with van der Waals surface area (Å²) < 4.78 is 30.0. The van der Waals surface area contributed by atoms with Crippen molar-refractivity contribution in [2.45, 2.75) is 13.5 Å². The SMILES string of the molecule is COc1ccnc(C(=O)Nc2nc3ccc(OCc4ccc(F)cc4Cl)cc3s2)c1OC(C)=O. The number of nitrogens with one attached hydrogen (secondary N) is 1. The summed E-state index contributed by atoms with van der Waals surface area (Å²) in [4.78, 5) is 32.7. The Bertz CT molecular complexity index is 1390. The highest BCUT2D eigenvalue weighted by molar-refractivity contribution is 7.22. The summed E-state index contributed by atoms with van der Waals surface area (Å²) in [5.74, 6) is -0.972. The Labute approximate surface area is 202 Å². The average molecular weight is 502 g/mol. The molecule has 1 N–H and O–H groups in total. The molecule has 0 saturated heterocycles. The summed E-state index contributed by atoms with van der Waals surface area (Å²) in [6.07, 6.45) is 1.37. The number of carbonyl (C=O) groups is 2. The first kappa shape index (κ1) is 23.4. The van der Waals surface area contributed by atoms with E-state index in [1.807, 2.05) is 0 Å². The zero-order valence-corrected chi connectivity index (χ0v) is 19.5. The molecule has 0 aliphatic rings. The van der Waals surface area contributed by atoms with Gasteiger partial charge in [-0.1, -0.05) is 29.0 Å². The standard InChI is InChI=1S/C23H17ClFN3O5S/c1-12(29)33-21-18(31-2)7-8-26-20(21)22(30)28-23-27-17-6-5-15(10-19(17)34-23)32-11-13-3-4-14(25)9-16(13)24/h3-10H,11H2,1-2H3,(H,27,28,30). The molecule has 4 rings (SSSR count). The fourth-order valence-electron chi connectivity index (χ4n) is 3.00. The van der Waals surface area contributed by atoms with Gasteiger partial charge in [0.2, 0.25) is 5.75 Å². The van der Waals surface area contributed by atoms with Crippen LogP contribution < -0.4 is 19.5 Å². The van der Waals surface area contributed by atoms with Gasteiger partial charge in [-0.3, -0.25) is 14.9 Å². The highest BCUT2D eigenvalue weighted by Gasteiger charge is 2.22. The number of ether oxygens (including phenoxy) is 3. The number of anilines is 1. The predicted molar refractivity (Wildman–Crippen MR) is 125 cm³/mol. The van der Waals surface area contributed by atoms with Crippen LogP contribution in [0.2, 0.25) is 5.02 Å². The number of pyridine rings is 1. The largest absolute Gasteiger partial charge is 0.493 e. The van der Waals surface area contributed by atoms with Gasteiger partial charge in [-0.05, 0) is 30.3 Å². The van der Waals surface area contributed by atoms with Gasteiger partial charge in [0.05, 0.1) is 22.3 Å². The van der Waals surface area contributed by atoms with E-state index in [4.69, 9.17) is 25.8 Å².